The minimum Gasteiger partial charge on any atom is -0.349 e. The number of benzene rings is 1. The molecule has 0 fully saturated rings. The number of aromatic amines is 1. The number of H-pyrrole nitrogens is 1. The van der Waals surface area contributed by atoms with Crippen molar-refractivity contribution in [2.24, 2.45) is 0 Å². The fraction of sp³-hybridized carbons (Fsp3) is 0.125. The van der Waals surface area contributed by atoms with Crippen LogP contribution >= 0.6 is 0 Å². The maximum Gasteiger partial charge on any atom is 0.270 e. The fourth-order valence-electron chi connectivity index (χ4n) is 2.21. The van der Waals surface area contributed by atoms with Crippen LogP contribution in [-0.4, -0.2) is 27.8 Å². The Bertz CT molecular complexity index is 701. The normalized spacial score (nSPS) is 10.7. The molecule has 2 aromatic heterocycles. The van der Waals surface area contributed by atoms with E-state index in [2.05, 4.69) is 9.97 Å². The second-order valence-corrected chi connectivity index (χ2v) is 4.77. The predicted octanol–water partition coefficient (Wildman–Crippen LogP) is 2.84. The van der Waals surface area contributed by atoms with E-state index in [1.807, 2.05) is 42.5 Å². The Morgan fingerprint density at radius 2 is 2.00 bits per heavy atom. The number of hydrogen-bond acceptors (Lipinski definition) is 2. The van der Waals surface area contributed by atoms with Crippen molar-refractivity contribution in [3.05, 3.63) is 66.0 Å². The third-order valence-corrected chi connectivity index (χ3v) is 3.23. The lowest BCUT2D eigenvalue weighted by molar-refractivity contribution is 0.0780. The number of fused-ring (bicyclic) bond motifs is 1. The number of nitrogens with zero attached hydrogens (tertiary/aromatic N) is 2. The first-order chi connectivity index (χ1) is 9.74. The molecule has 0 spiro atoms. The maximum atomic E-state index is 12.4. The number of pyridine rings is 1. The average Bonchev–Trinajstić information content (AvgIpc) is 2.91. The zero-order chi connectivity index (χ0) is 13.9. The molecule has 1 aromatic carbocycles. The highest BCUT2D eigenvalue weighted by Crippen LogP contribution is 2.14. The van der Waals surface area contributed by atoms with Crippen LogP contribution in [0.25, 0.3) is 11.0 Å². The van der Waals surface area contributed by atoms with Crippen molar-refractivity contribution < 1.29 is 4.79 Å². The Kier molecular flexibility index (Phi) is 3.21. The van der Waals surface area contributed by atoms with Crippen molar-refractivity contribution >= 4 is 16.9 Å². The summed E-state index contributed by atoms with van der Waals surface area (Å²) in [5.41, 5.74) is 3.36. The Labute approximate surface area is 117 Å². The van der Waals surface area contributed by atoms with Gasteiger partial charge in [0.15, 0.2) is 0 Å². The van der Waals surface area contributed by atoms with Gasteiger partial charge in [0.05, 0.1) is 11.0 Å². The summed E-state index contributed by atoms with van der Waals surface area (Å²) >= 11 is 0. The van der Waals surface area contributed by atoms with Gasteiger partial charge in [-0.2, -0.15) is 0 Å². The second kappa shape index (κ2) is 5.17. The fourth-order valence-corrected chi connectivity index (χ4v) is 2.21. The summed E-state index contributed by atoms with van der Waals surface area (Å²) in [6.07, 6.45) is 1.72. The van der Waals surface area contributed by atoms with E-state index in [4.69, 9.17) is 0 Å². The highest BCUT2D eigenvalue weighted by molar-refractivity contribution is 5.96. The smallest absolute Gasteiger partial charge is 0.270 e. The van der Waals surface area contributed by atoms with Crippen LogP contribution < -0.4 is 0 Å². The molecule has 0 aliphatic heterocycles. The number of carbonyl (C=O) groups is 1. The lowest BCUT2D eigenvalue weighted by Gasteiger charge is -2.16. The molecule has 0 saturated carbocycles. The van der Waals surface area contributed by atoms with Gasteiger partial charge in [-0.05, 0) is 23.8 Å². The zero-order valence-electron chi connectivity index (χ0n) is 11.2. The van der Waals surface area contributed by atoms with E-state index in [9.17, 15) is 4.79 Å². The first-order valence-electron chi connectivity index (χ1n) is 6.47. The lowest BCUT2D eigenvalue weighted by atomic mass is 10.2. The van der Waals surface area contributed by atoms with Crippen LogP contribution in [0.1, 0.15) is 16.1 Å². The molecular weight excluding hydrogens is 250 g/mol. The van der Waals surface area contributed by atoms with Crippen molar-refractivity contribution in [2.75, 3.05) is 7.05 Å². The van der Waals surface area contributed by atoms with E-state index in [0.717, 1.165) is 16.6 Å². The molecule has 0 aliphatic carbocycles. The highest BCUT2D eigenvalue weighted by atomic mass is 16.2. The van der Waals surface area contributed by atoms with Gasteiger partial charge in [0, 0.05) is 19.8 Å². The molecule has 4 heteroatoms. The van der Waals surface area contributed by atoms with E-state index in [-0.39, 0.29) is 5.91 Å². The van der Waals surface area contributed by atoms with Gasteiger partial charge in [-0.1, -0.05) is 30.3 Å². The topological polar surface area (TPSA) is 49.0 Å². The van der Waals surface area contributed by atoms with Gasteiger partial charge in [-0.3, -0.25) is 9.78 Å². The van der Waals surface area contributed by atoms with E-state index in [1.165, 1.54) is 0 Å². The number of amides is 1. The van der Waals surface area contributed by atoms with Crippen molar-refractivity contribution in [3.8, 4) is 0 Å². The molecule has 1 N–H and O–H groups in total. The molecule has 1 amide bonds. The van der Waals surface area contributed by atoms with Crippen molar-refractivity contribution in [1.82, 2.24) is 14.9 Å². The van der Waals surface area contributed by atoms with Crippen molar-refractivity contribution in [2.45, 2.75) is 6.54 Å². The van der Waals surface area contributed by atoms with Gasteiger partial charge >= 0.3 is 0 Å². The Balaban J connectivity index is 1.81. The number of hydrogen-bond donors (Lipinski definition) is 1. The second-order valence-electron chi connectivity index (χ2n) is 4.77. The summed E-state index contributed by atoms with van der Waals surface area (Å²) in [6.45, 7) is 0.586. The van der Waals surface area contributed by atoms with Crippen molar-refractivity contribution in [1.29, 1.82) is 0 Å². The number of aromatic nitrogens is 2. The number of nitrogens with one attached hydrogen (secondary N) is 1. The summed E-state index contributed by atoms with van der Waals surface area (Å²) in [7, 11) is 1.80. The lowest BCUT2D eigenvalue weighted by Crippen LogP contribution is -2.26. The summed E-state index contributed by atoms with van der Waals surface area (Å²) in [4.78, 5) is 21.4. The minimum absolute atomic E-state index is 0.0353. The molecule has 0 unspecified atom stereocenters. The van der Waals surface area contributed by atoms with Gasteiger partial charge in [0.1, 0.15) is 5.69 Å². The first kappa shape index (κ1) is 12.4. The van der Waals surface area contributed by atoms with Crippen LogP contribution in [0.2, 0.25) is 0 Å². The van der Waals surface area contributed by atoms with Gasteiger partial charge in [-0.25, -0.2) is 0 Å². The third kappa shape index (κ3) is 2.40. The monoisotopic (exact) mass is 265 g/mol. The molecule has 0 saturated heterocycles. The van der Waals surface area contributed by atoms with E-state index in [0.29, 0.717) is 12.2 Å². The minimum atomic E-state index is -0.0353. The molecule has 0 aliphatic rings. The molecule has 20 heavy (non-hydrogen) atoms. The van der Waals surface area contributed by atoms with Crippen LogP contribution in [0, 0.1) is 0 Å². The van der Waals surface area contributed by atoms with E-state index >= 15 is 0 Å². The summed E-state index contributed by atoms with van der Waals surface area (Å²) in [6, 6.07) is 15.5. The Morgan fingerprint density at radius 3 is 2.75 bits per heavy atom. The molecule has 3 rings (SSSR count). The Hall–Kier alpha value is -2.62. The summed E-state index contributed by atoms with van der Waals surface area (Å²) < 4.78 is 0. The predicted molar refractivity (Wildman–Crippen MR) is 78.3 cm³/mol. The Morgan fingerprint density at radius 1 is 1.20 bits per heavy atom. The van der Waals surface area contributed by atoms with Gasteiger partial charge in [0.25, 0.3) is 5.91 Å². The molecular formula is C16H15N3O. The number of carbonyl (C=O) groups excluding carboxylic acids is 1. The molecule has 4 nitrogen and oxygen atoms in total. The van der Waals surface area contributed by atoms with Crippen LogP contribution in [0.3, 0.4) is 0 Å². The maximum absolute atomic E-state index is 12.4. The van der Waals surface area contributed by atoms with Crippen LogP contribution in [0.15, 0.2) is 54.7 Å². The molecule has 2 heterocycles. The third-order valence-electron chi connectivity index (χ3n) is 3.23. The standard InChI is InChI=1S/C16H15N3O/c1-19(11-12-6-3-2-4-7-12)16(20)15-10-14-13(18-15)8-5-9-17-14/h2-10,18H,11H2,1H3. The van der Waals surface area contributed by atoms with Gasteiger partial charge in [0.2, 0.25) is 0 Å². The van der Waals surface area contributed by atoms with Gasteiger partial charge in [-0.15, -0.1) is 0 Å². The highest BCUT2D eigenvalue weighted by Gasteiger charge is 2.14. The van der Waals surface area contributed by atoms with E-state index in [1.54, 1.807) is 24.2 Å². The SMILES string of the molecule is CN(Cc1ccccc1)C(=O)c1cc2ncccc2[nH]1. The van der Waals surface area contributed by atoms with Gasteiger partial charge < -0.3 is 9.88 Å². The summed E-state index contributed by atoms with van der Waals surface area (Å²) in [5, 5.41) is 0. The number of rotatable bonds is 3. The average molecular weight is 265 g/mol. The molecule has 100 valence electrons. The molecule has 0 atom stereocenters. The zero-order valence-corrected chi connectivity index (χ0v) is 11.2. The molecule has 0 bridgehead atoms. The van der Waals surface area contributed by atoms with E-state index < -0.39 is 0 Å². The van der Waals surface area contributed by atoms with Crippen LogP contribution in [0.4, 0.5) is 0 Å². The molecule has 3 aromatic rings. The van der Waals surface area contributed by atoms with Crippen molar-refractivity contribution in [3.63, 3.8) is 0 Å². The molecule has 0 radical (unpaired) electrons. The van der Waals surface area contributed by atoms with Crippen LogP contribution in [-0.2, 0) is 6.54 Å². The van der Waals surface area contributed by atoms with Crippen LogP contribution in [0.5, 0.6) is 0 Å². The largest absolute Gasteiger partial charge is 0.349 e. The quantitative estimate of drug-likeness (QED) is 0.791. The first-order valence-corrected chi connectivity index (χ1v) is 6.47. The summed E-state index contributed by atoms with van der Waals surface area (Å²) in [5.74, 6) is -0.0353.